The van der Waals surface area contributed by atoms with Gasteiger partial charge in [-0.25, -0.2) is 0 Å². The Morgan fingerprint density at radius 3 is 3.05 bits per heavy atom. The summed E-state index contributed by atoms with van der Waals surface area (Å²) >= 11 is 0. The molecule has 6 nitrogen and oxygen atoms in total. The molecule has 1 heterocycles. The SMILES string of the molecule is CC1C(=O)NCCN1CC(O)COc1ccccc1N. The van der Waals surface area contributed by atoms with Crippen molar-refractivity contribution in [3.63, 3.8) is 0 Å². The molecule has 4 N–H and O–H groups in total. The van der Waals surface area contributed by atoms with E-state index >= 15 is 0 Å². The average Bonchev–Trinajstić information content (AvgIpc) is 2.43. The quantitative estimate of drug-likeness (QED) is 0.651. The third-order valence-electron chi connectivity index (χ3n) is 3.42. The lowest BCUT2D eigenvalue weighted by atomic mass is 10.2. The number of nitrogens with two attached hydrogens (primary N) is 1. The fraction of sp³-hybridized carbons (Fsp3) is 0.500. The summed E-state index contributed by atoms with van der Waals surface area (Å²) in [6.07, 6.45) is -0.664. The molecule has 1 aliphatic rings. The van der Waals surface area contributed by atoms with Gasteiger partial charge in [-0.3, -0.25) is 9.69 Å². The summed E-state index contributed by atoms with van der Waals surface area (Å²) in [5.41, 5.74) is 6.31. The van der Waals surface area contributed by atoms with Gasteiger partial charge in [0.25, 0.3) is 0 Å². The van der Waals surface area contributed by atoms with Crippen LogP contribution in [0.4, 0.5) is 5.69 Å². The molecule has 0 saturated carbocycles. The Morgan fingerprint density at radius 2 is 2.30 bits per heavy atom. The van der Waals surface area contributed by atoms with Crippen LogP contribution in [-0.2, 0) is 4.79 Å². The smallest absolute Gasteiger partial charge is 0.237 e. The highest BCUT2D eigenvalue weighted by Gasteiger charge is 2.26. The van der Waals surface area contributed by atoms with Crippen LogP contribution in [0.15, 0.2) is 24.3 Å². The summed E-state index contributed by atoms with van der Waals surface area (Å²) in [6, 6.07) is 6.94. The van der Waals surface area contributed by atoms with Crippen molar-refractivity contribution < 1.29 is 14.6 Å². The summed E-state index contributed by atoms with van der Waals surface area (Å²) in [5.74, 6) is 0.563. The van der Waals surface area contributed by atoms with Crippen LogP contribution in [0.2, 0.25) is 0 Å². The number of para-hydroxylation sites is 2. The van der Waals surface area contributed by atoms with E-state index in [2.05, 4.69) is 5.32 Å². The van der Waals surface area contributed by atoms with Gasteiger partial charge in [-0.15, -0.1) is 0 Å². The lowest BCUT2D eigenvalue weighted by Gasteiger charge is -2.33. The molecule has 1 saturated heterocycles. The van der Waals surface area contributed by atoms with E-state index in [0.717, 1.165) is 6.54 Å². The molecule has 0 aliphatic carbocycles. The normalized spacial score (nSPS) is 21.3. The zero-order valence-electron chi connectivity index (χ0n) is 11.6. The number of nitrogens with zero attached hydrogens (tertiary/aromatic N) is 1. The maximum atomic E-state index is 11.5. The minimum absolute atomic E-state index is 0.00308. The number of hydrogen-bond acceptors (Lipinski definition) is 5. The van der Waals surface area contributed by atoms with Crippen molar-refractivity contribution in [1.29, 1.82) is 0 Å². The first-order valence-electron chi connectivity index (χ1n) is 6.75. The van der Waals surface area contributed by atoms with E-state index < -0.39 is 6.10 Å². The van der Waals surface area contributed by atoms with Crippen LogP contribution in [0.5, 0.6) is 5.75 Å². The Bertz CT molecular complexity index is 467. The monoisotopic (exact) mass is 279 g/mol. The van der Waals surface area contributed by atoms with Crippen molar-refractivity contribution in [2.45, 2.75) is 19.1 Å². The predicted molar refractivity (Wildman–Crippen MR) is 76.4 cm³/mol. The first kappa shape index (κ1) is 14.6. The molecule has 6 heteroatoms. The molecule has 1 fully saturated rings. The van der Waals surface area contributed by atoms with Crippen LogP contribution in [0.3, 0.4) is 0 Å². The number of β-amino-alcohol motifs (C(OH)–C–C–N with tert-alkyl or cyclic N) is 1. The molecule has 1 aliphatic heterocycles. The van der Waals surface area contributed by atoms with Crippen LogP contribution in [0.1, 0.15) is 6.92 Å². The zero-order chi connectivity index (χ0) is 14.5. The van der Waals surface area contributed by atoms with Gasteiger partial charge in [0.15, 0.2) is 0 Å². The number of benzene rings is 1. The van der Waals surface area contributed by atoms with Crippen LogP contribution in [0.25, 0.3) is 0 Å². The summed E-state index contributed by atoms with van der Waals surface area (Å²) in [4.78, 5) is 13.5. The standard InChI is InChI=1S/C14H21N3O3/c1-10-14(19)16-6-7-17(10)8-11(18)9-20-13-5-3-2-4-12(13)15/h2-5,10-11,18H,6-9,15H2,1H3,(H,16,19). The molecule has 0 spiro atoms. The molecule has 1 amide bonds. The van der Waals surface area contributed by atoms with E-state index in [0.29, 0.717) is 24.5 Å². The maximum absolute atomic E-state index is 11.5. The van der Waals surface area contributed by atoms with E-state index in [1.54, 1.807) is 12.1 Å². The van der Waals surface area contributed by atoms with Crippen LogP contribution in [-0.4, -0.2) is 54.3 Å². The Balaban J connectivity index is 1.82. The number of carbonyl (C=O) groups is 1. The van der Waals surface area contributed by atoms with Crippen LogP contribution in [0, 0.1) is 0 Å². The molecule has 2 atom stereocenters. The maximum Gasteiger partial charge on any atom is 0.237 e. The number of amides is 1. The molecule has 2 unspecified atom stereocenters. The number of piperazine rings is 1. The Labute approximate surface area is 118 Å². The number of carbonyl (C=O) groups excluding carboxylic acids is 1. The Kier molecular flexibility index (Phi) is 4.81. The number of nitrogen functional groups attached to an aromatic ring is 1. The fourth-order valence-corrected chi connectivity index (χ4v) is 2.20. The minimum atomic E-state index is -0.664. The molecule has 110 valence electrons. The second kappa shape index (κ2) is 6.58. The van der Waals surface area contributed by atoms with E-state index in [-0.39, 0.29) is 18.6 Å². The van der Waals surface area contributed by atoms with Crippen LogP contribution < -0.4 is 15.8 Å². The highest BCUT2D eigenvalue weighted by molar-refractivity contribution is 5.81. The molecule has 0 bridgehead atoms. The van der Waals surface area contributed by atoms with Gasteiger partial charge in [-0.1, -0.05) is 12.1 Å². The number of hydrogen-bond donors (Lipinski definition) is 3. The van der Waals surface area contributed by atoms with E-state index in [9.17, 15) is 9.90 Å². The second-order valence-corrected chi connectivity index (χ2v) is 4.96. The van der Waals surface area contributed by atoms with Crippen LogP contribution >= 0.6 is 0 Å². The zero-order valence-corrected chi connectivity index (χ0v) is 11.6. The predicted octanol–water partition coefficient (Wildman–Crippen LogP) is -0.171. The molecule has 20 heavy (non-hydrogen) atoms. The molecule has 2 rings (SSSR count). The summed E-state index contributed by atoms with van der Waals surface area (Å²) in [7, 11) is 0. The van der Waals surface area contributed by atoms with Crippen molar-refractivity contribution >= 4 is 11.6 Å². The third-order valence-corrected chi connectivity index (χ3v) is 3.42. The summed E-state index contributed by atoms with van der Waals surface area (Å²) in [6.45, 7) is 3.73. The first-order chi connectivity index (χ1) is 9.58. The molecule has 0 radical (unpaired) electrons. The topological polar surface area (TPSA) is 87.8 Å². The third kappa shape index (κ3) is 3.61. The van der Waals surface area contributed by atoms with Gasteiger partial charge in [0, 0.05) is 19.6 Å². The van der Waals surface area contributed by atoms with E-state index in [4.69, 9.17) is 10.5 Å². The van der Waals surface area contributed by atoms with Gasteiger partial charge >= 0.3 is 0 Å². The van der Waals surface area contributed by atoms with Gasteiger partial charge in [-0.05, 0) is 19.1 Å². The summed E-state index contributed by atoms with van der Waals surface area (Å²) < 4.78 is 5.50. The fourth-order valence-electron chi connectivity index (χ4n) is 2.20. The second-order valence-electron chi connectivity index (χ2n) is 4.96. The minimum Gasteiger partial charge on any atom is -0.489 e. The van der Waals surface area contributed by atoms with E-state index in [1.165, 1.54) is 0 Å². The highest BCUT2D eigenvalue weighted by atomic mass is 16.5. The number of rotatable bonds is 5. The number of anilines is 1. The van der Waals surface area contributed by atoms with Crippen molar-refractivity contribution in [3.05, 3.63) is 24.3 Å². The number of ether oxygens (including phenoxy) is 1. The molecule has 0 aromatic heterocycles. The lowest BCUT2D eigenvalue weighted by Crippen LogP contribution is -2.55. The molecular weight excluding hydrogens is 258 g/mol. The van der Waals surface area contributed by atoms with Gasteiger partial charge in [0.1, 0.15) is 18.5 Å². The first-order valence-corrected chi connectivity index (χ1v) is 6.75. The Hall–Kier alpha value is -1.79. The molecule has 1 aromatic rings. The average molecular weight is 279 g/mol. The van der Waals surface area contributed by atoms with Gasteiger partial charge in [0.05, 0.1) is 11.7 Å². The van der Waals surface area contributed by atoms with Gasteiger partial charge < -0.3 is 20.9 Å². The van der Waals surface area contributed by atoms with Crippen molar-refractivity contribution in [1.82, 2.24) is 10.2 Å². The number of aliphatic hydroxyl groups is 1. The lowest BCUT2D eigenvalue weighted by molar-refractivity contribution is -0.129. The van der Waals surface area contributed by atoms with E-state index in [1.807, 2.05) is 24.0 Å². The van der Waals surface area contributed by atoms with Crippen molar-refractivity contribution in [3.8, 4) is 5.75 Å². The van der Waals surface area contributed by atoms with Crippen molar-refractivity contribution in [2.75, 3.05) is 32.0 Å². The highest BCUT2D eigenvalue weighted by Crippen LogP contribution is 2.19. The molecule has 1 aromatic carbocycles. The van der Waals surface area contributed by atoms with Gasteiger partial charge in [-0.2, -0.15) is 0 Å². The van der Waals surface area contributed by atoms with Crippen molar-refractivity contribution in [2.24, 2.45) is 0 Å². The molecular formula is C14H21N3O3. The number of nitrogens with one attached hydrogen (secondary N) is 1. The summed E-state index contributed by atoms with van der Waals surface area (Å²) in [5, 5.41) is 12.8. The van der Waals surface area contributed by atoms with Gasteiger partial charge in [0.2, 0.25) is 5.91 Å². The number of aliphatic hydroxyl groups excluding tert-OH is 1. The largest absolute Gasteiger partial charge is 0.489 e. The Morgan fingerprint density at radius 1 is 1.55 bits per heavy atom.